The number of nitriles is 1. The predicted octanol–water partition coefficient (Wildman–Crippen LogP) is 4.41. The number of aromatic nitrogens is 7. The van der Waals surface area contributed by atoms with E-state index in [4.69, 9.17) is 5.26 Å². The van der Waals surface area contributed by atoms with Crippen molar-refractivity contribution in [3.8, 4) is 28.6 Å². The maximum Gasteiger partial charge on any atom is 0.418 e. The minimum absolute atomic E-state index is 0.0368. The number of alkyl halides is 3. The van der Waals surface area contributed by atoms with Gasteiger partial charge in [0.25, 0.3) is 0 Å². The molecule has 2 aromatic carbocycles. The third-order valence-electron chi connectivity index (χ3n) is 6.30. The zero-order valence-electron chi connectivity index (χ0n) is 19.5. The van der Waals surface area contributed by atoms with E-state index in [1.54, 1.807) is 30.5 Å². The topological polar surface area (TPSA) is 107 Å². The molecule has 0 aliphatic heterocycles. The van der Waals surface area contributed by atoms with E-state index >= 15 is 0 Å². The van der Waals surface area contributed by atoms with Gasteiger partial charge in [-0.25, -0.2) is 19.4 Å². The molecule has 0 aliphatic rings. The second-order valence-corrected chi connectivity index (χ2v) is 8.48. The Kier molecular flexibility index (Phi) is 5.09. The zero-order valence-corrected chi connectivity index (χ0v) is 19.5. The fourth-order valence-electron chi connectivity index (χ4n) is 4.47. The first-order valence-electron chi connectivity index (χ1n) is 11.2. The quantitative estimate of drug-likeness (QED) is 0.348. The van der Waals surface area contributed by atoms with Gasteiger partial charge in [-0.2, -0.15) is 23.5 Å². The van der Waals surface area contributed by atoms with Crippen LogP contribution in [-0.2, 0) is 13.2 Å². The van der Waals surface area contributed by atoms with E-state index in [-0.39, 0.29) is 17.1 Å². The fourth-order valence-corrected chi connectivity index (χ4v) is 4.47. The monoisotopic (exact) mass is 512 g/mol. The first-order valence-corrected chi connectivity index (χ1v) is 11.2. The number of halogens is 3. The van der Waals surface area contributed by atoms with Crippen molar-refractivity contribution in [2.75, 3.05) is 0 Å². The van der Waals surface area contributed by atoms with Crippen LogP contribution < -0.4 is 5.69 Å². The van der Waals surface area contributed by atoms with Gasteiger partial charge in [-0.3, -0.25) is 14.1 Å². The summed E-state index contributed by atoms with van der Waals surface area (Å²) in [4.78, 5) is 25.7. The van der Waals surface area contributed by atoms with E-state index in [2.05, 4.69) is 20.1 Å². The van der Waals surface area contributed by atoms with E-state index < -0.39 is 17.4 Å². The smallest absolute Gasteiger partial charge is 0.293 e. The lowest BCUT2D eigenvalue weighted by Crippen LogP contribution is -2.21. The number of hydrogen-bond donors (Lipinski definition) is 0. The number of hydrogen-bond acceptors (Lipinski definition) is 6. The number of benzene rings is 2. The summed E-state index contributed by atoms with van der Waals surface area (Å²) < 4.78 is 46.0. The van der Waals surface area contributed by atoms with Crippen LogP contribution in [0.4, 0.5) is 13.2 Å². The van der Waals surface area contributed by atoms with Gasteiger partial charge >= 0.3 is 11.9 Å². The van der Waals surface area contributed by atoms with Crippen LogP contribution in [-0.4, -0.2) is 33.9 Å². The molecule has 38 heavy (non-hydrogen) atoms. The molecule has 0 amide bonds. The average Bonchev–Trinajstić information content (AvgIpc) is 3.55. The van der Waals surface area contributed by atoms with Gasteiger partial charge in [0.05, 0.1) is 39.7 Å². The third-order valence-corrected chi connectivity index (χ3v) is 6.30. The van der Waals surface area contributed by atoms with Crippen molar-refractivity contribution >= 4 is 21.9 Å². The van der Waals surface area contributed by atoms with Crippen LogP contribution in [0.25, 0.3) is 44.4 Å². The van der Waals surface area contributed by atoms with Gasteiger partial charge in [-0.1, -0.05) is 6.07 Å². The molecule has 0 saturated carbocycles. The van der Waals surface area contributed by atoms with Crippen LogP contribution in [0.3, 0.4) is 0 Å². The molecule has 4 aromatic heterocycles. The minimum atomic E-state index is -4.72. The van der Waals surface area contributed by atoms with Gasteiger partial charge < -0.3 is 0 Å². The number of aryl methyl sites for hydroxylation is 1. The highest BCUT2D eigenvalue weighted by atomic mass is 19.4. The Labute approximate surface area is 211 Å². The van der Waals surface area contributed by atoms with Crippen LogP contribution in [0.2, 0.25) is 0 Å². The fraction of sp³-hybridized carbons (Fsp3) is 0.0769. The van der Waals surface area contributed by atoms with Crippen molar-refractivity contribution in [2.24, 2.45) is 7.05 Å². The highest BCUT2D eigenvalue weighted by molar-refractivity contribution is 6.04. The molecule has 6 aromatic rings. The summed E-state index contributed by atoms with van der Waals surface area (Å²) in [5.74, 6) is 0. The maximum absolute atomic E-state index is 14.1. The Morgan fingerprint density at radius 1 is 0.974 bits per heavy atom. The number of pyridine rings is 2. The average molecular weight is 512 g/mol. The number of imidazole rings is 1. The van der Waals surface area contributed by atoms with Crippen molar-refractivity contribution in [2.45, 2.75) is 6.18 Å². The number of nitrogens with zero attached hydrogens (tertiary/aromatic N) is 8. The predicted molar refractivity (Wildman–Crippen MR) is 132 cm³/mol. The van der Waals surface area contributed by atoms with Crippen LogP contribution in [0.15, 0.2) is 78.4 Å². The summed E-state index contributed by atoms with van der Waals surface area (Å²) in [6.07, 6.45) is 0.679. The summed E-state index contributed by atoms with van der Waals surface area (Å²) in [6.45, 7) is 0. The zero-order chi connectivity index (χ0) is 26.6. The molecule has 0 atom stereocenters. The molecule has 4 heterocycles. The van der Waals surface area contributed by atoms with Crippen LogP contribution >= 0.6 is 0 Å². The normalized spacial score (nSPS) is 11.8. The molecule has 0 saturated heterocycles. The van der Waals surface area contributed by atoms with Crippen LogP contribution in [0, 0.1) is 11.3 Å². The van der Waals surface area contributed by atoms with Gasteiger partial charge in [0, 0.05) is 24.2 Å². The van der Waals surface area contributed by atoms with Crippen molar-refractivity contribution in [3.63, 3.8) is 0 Å². The standard InChI is InChI=1S/C26H15F3N8O/c1-35-23-12-33-21-6-3-15(16-2-4-17(10-30)32-11-16)8-19(21)24(23)37(25(35)38)18-5-7-22(36-14-31-13-34-36)20(9-18)26(27,28)29/h2-9,11-14H,1H3. The van der Waals surface area contributed by atoms with E-state index in [0.29, 0.717) is 21.9 Å². The van der Waals surface area contributed by atoms with E-state index in [1.807, 2.05) is 12.1 Å². The molecule has 186 valence electrons. The van der Waals surface area contributed by atoms with Crippen LogP contribution in [0.5, 0.6) is 0 Å². The van der Waals surface area contributed by atoms with E-state index in [9.17, 15) is 18.0 Å². The molecule has 0 bridgehead atoms. The lowest BCUT2D eigenvalue weighted by Gasteiger charge is -2.15. The molecular weight excluding hydrogens is 497 g/mol. The Morgan fingerprint density at radius 2 is 1.79 bits per heavy atom. The van der Waals surface area contributed by atoms with Gasteiger partial charge in [0.2, 0.25) is 0 Å². The minimum Gasteiger partial charge on any atom is -0.293 e. The van der Waals surface area contributed by atoms with Gasteiger partial charge in [0.1, 0.15) is 24.4 Å². The van der Waals surface area contributed by atoms with Gasteiger partial charge in [0.15, 0.2) is 0 Å². The molecular formula is C26H15F3N8O. The first kappa shape index (κ1) is 23.1. The molecule has 6 rings (SSSR count). The Hall–Kier alpha value is -5.31. The van der Waals surface area contributed by atoms with Crippen molar-refractivity contribution in [1.82, 2.24) is 33.9 Å². The highest BCUT2D eigenvalue weighted by Crippen LogP contribution is 2.36. The van der Waals surface area contributed by atoms with Crippen molar-refractivity contribution in [1.29, 1.82) is 5.26 Å². The first-order chi connectivity index (χ1) is 18.3. The molecule has 0 fully saturated rings. The number of rotatable bonds is 3. The van der Waals surface area contributed by atoms with Gasteiger partial charge in [-0.05, 0) is 48.0 Å². The summed E-state index contributed by atoms with van der Waals surface area (Å²) in [5.41, 5.74) is 1.48. The molecule has 0 N–H and O–H groups in total. The number of fused-ring (bicyclic) bond motifs is 3. The van der Waals surface area contributed by atoms with Gasteiger partial charge in [-0.15, -0.1) is 0 Å². The summed E-state index contributed by atoms with van der Waals surface area (Å²) in [7, 11) is 1.54. The molecule has 0 unspecified atom stereocenters. The van der Waals surface area contributed by atoms with Crippen molar-refractivity contribution in [3.05, 3.63) is 95.3 Å². The van der Waals surface area contributed by atoms with E-state index in [0.717, 1.165) is 28.2 Å². The summed E-state index contributed by atoms with van der Waals surface area (Å²) in [5, 5.41) is 13.4. The lowest BCUT2D eigenvalue weighted by molar-refractivity contribution is -0.137. The lowest BCUT2D eigenvalue weighted by atomic mass is 10.0. The molecule has 9 nitrogen and oxygen atoms in total. The molecule has 0 aliphatic carbocycles. The largest absolute Gasteiger partial charge is 0.418 e. The highest BCUT2D eigenvalue weighted by Gasteiger charge is 2.35. The Bertz CT molecular complexity index is 1950. The second kappa shape index (κ2) is 8.38. The molecule has 12 heteroatoms. The SMILES string of the molecule is Cn1c(=O)n(-c2ccc(-n3cncn3)c(C(F)(F)F)c2)c2c3cc(-c4ccc(C#N)nc4)ccc3ncc21. The summed E-state index contributed by atoms with van der Waals surface area (Å²) >= 11 is 0. The maximum atomic E-state index is 14.1. The second-order valence-electron chi connectivity index (χ2n) is 8.48. The van der Waals surface area contributed by atoms with Crippen molar-refractivity contribution < 1.29 is 13.2 Å². The Morgan fingerprint density at radius 3 is 2.47 bits per heavy atom. The van der Waals surface area contributed by atoms with E-state index in [1.165, 1.54) is 40.8 Å². The Balaban J connectivity index is 1.63. The molecule has 0 radical (unpaired) electrons. The third kappa shape index (κ3) is 3.60. The summed E-state index contributed by atoms with van der Waals surface area (Å²) in [6, 6.07) is 14.3. The molecule has 0 spiro atoms. The van der Waals surface area contributed by atoms with Crippen LogP contribution in [0.1, 0.15) is 11.3 Å².